The number of aliphatic hydroxyl groups excluding tert-OH is 5. The van der Waals surface area contributed by atoms with Gasteiger partial charge in [0.25, 0.3) is 0 Å². The fraction of sp³-hybridized carbons (Fsp3) is 0.848. The third-order valence-corrected chi connectivity index (χ3v) is 10.7. The van der Waals surface area contributed by atoms with Crippen molar-refractivity contribution in [2.24, 2.45) is 0 Å². The molecule has 0 aromatic rings. The van der Waals surface area contributed by atoms with Gasteiger partial charge in [-0.1, -0.05) is 172 Å². The van der Waals surface area contributed by atoms with Gasteiger partial charge in [-0.15, -0.1) is 0 Å². The Morgan fingerprint density at radius 3 is 1.58 bits per heavy atom. The molecule has 0 spiro atoms. The summed E-state index contributed by atoms with van der Waals surface area (Å²) in [6.07, 6.45) is 37.8. The first-order valence-corrected chi connectivity index (χ1v) is 22.7. The molecule has 0 aromatic carbocycles. The Morgan fingerprint density at radius 2 is 1.07 bits per heavy atom. The molecule has 0 bridgehead atoms. The standard InChI is InChI=1S/C46H85NO8/c1-3-5-7-9-10-11-12-13-14-15-16-17-18-19-20-21-22-23-24-25-26-27-28-29-30-32-34-36-42(50)47-39(40(49)35-33-31-8-6-4-2)38-54-46-45(53)44(52)43(51)41(37-48)55-46/h12-13,15-16,18-19,39-41,43-46,48-49,51-53H,3-11,14,17,20-38H2,1-2H3,(H,47,50)/b13-12-,16-15-,19-18-. The van der Waals surface area contributed by atoms with Crippen LogP contribution >= 0.6 is 0 Å². The molecule has 9 nitrogen and oxygen atoms in total. The molecule has 9 heteroatoms. The second-order valence-corrected chi connectivity index (χ2v) is 15.8. The van der Waals surface area contributed by atoms with Gasteiger partial charge in [-0.05, 0) is 51.4 Å². The number of hydrogen-bond acceptors (Lipinski definition) is 8. The van der Waals surface area contributed by atoms with Gasteiger partial charge in [-0.3, -0.25) is 4.79 Å². The van der Waals surface area contributed by atoms with Gasteiger partial charge >= 0.3 is 0 Å². The van der Waals surface area contributed by atoms with Gasteiger partial charge in [0.2, 0.25) is 5.91 Å². The minimum absolute atomic E-state index is 0.141. The molecule has 1 amide bonds. The van der Waals surface area contributed by atoms with Crippen molar-refractivity contribution in [3.63, 3.8) is 0 Å². The van der Waals surface area contributed by atoms with Crippen LogP contribution in [0.4, 0.5) is 0 Å². The maximum absolute atomic E-state index is 12.9. The lowest BCUT2D eigenvalue weighted by molar-refractivity contribution is -0.302. The molecule has 0 radical (unpaired) electrons. The van der Waals surface area contributed by atoms with E-state index in [1.54, 1.807) is 0 Å². The molecular formula is C46H85NO8. The lowest BCUT2D eigenvalue weighted by atomic mass is 9.99. The molecule has 1 saturated heterocycles. The van der Waals surface area contributed by atoms with Crippen molar-refractivity contribution >= 4 is 5.91 Å². The van der Waals surface area contributed by atoms with E-state index in [0.717, 1.165) is 64.2 Å². The summed E-state index contributed by atoms with van der Waals surface area (Å²) in [7, 11) is 0. The zero-order valence-electron chi connectivity index (χ0n) is 35.2. The van der Waals surface area contributed by atoms with E-state index in [-0.39, 0.29) is 12.5 Å². The number of carbonyl (C=O) groups is 1. The van der Waals surface area contributed by atoms with Crippen molar-refractivity contribution in [2.45, 2.75) is 236 Å². The summed E-state index contributed by atoms with van der Waals surface area (Å²) in [5, 5.41) is 53.8. The lowest BCUT2D eigenvalue weighted by Gasteiger charge is -2.40. The first-order chi connectivity index (χ1) is 26.8. The van der Waals surface area contributed by atoms with Crippen LogP contribution in [0.15, 0.2) is 36.5 Å². The van der Waals surface area contributed by atoms with Crippen LogP contribution in [-0.2, 0) is 14.3 Å². The third-order valence-electron chi connectivity index (χ3n) is 10.7. The zero-order valence-corrected chi connectivity index (χ0v) is 35.2. The Balaban J connectivity index is 2.11. The number of carbonyl (C=O) groups excluding carboxylic acids is 1. The summed E-state index contributed by atoms with van der Waals surface area (Å²) < 4.78 is 11.2. The van der Waals surface area contributed by atoms with Gasteiger partial charge in [0.1, 0.15) is 24.4 Å². The first-order valence-electron chi connectivity index (χ1n) is 22.7. The van der Waals surface area contributed by atoms with Crippen LogP contribution in [0.25, 0.3) is 0 Å². The van der Waals surface area contributed by atoms with Crippen LogP contribution in [-0.4, -0.2) is 87.5 Å². The Morgan fingerprint density at radius 1 is 0.618 bits per heavy atom. The van der Waals surface area contributed by atoms with E-state index in [0.29, 0.717) is 12.8 Å². The molecule has 7 unspecified atom stereocenters. The molecule has 1 aliphatic heterocycles. The Hall–Kier alpha value is -1.59. The summed E-state index contributed by atoms with van der Waals surface area (Å²) in [6.45, 7) is 3.72. The van der Waals surface area contributed by atoms with Crippen LogP contribution in [0.1, 0.15) is 194 Å². The van der Waals surface area contributed by atoms with E-state index in [9.17, 15) is 30.3 Å². The molecule has 1 fully saturated rings. The largest absolute Gasteiger partial charge is 0.394 e. The van der Waals surface area contributed by atoms with Crippen LogP contribution < -0.4 is 5.32 Å². The monoisotopic (exact) mass is 780 g/mol. The molecule has 1 rings (SSSR count). The number of rotatable bonds is 37. The number of nitrogens with one attached hydrogen (secondary N) is 1. The van der Waals surface area contributed by atoms with Crippen LogP contribution in [0.3, 0.4) is 0 Å². The van der Waals surface area contributed by atoms with E-state index < -0.39 is 49.5 Å². The van der Waals surface area contributed by atoms with Gasteiger partial charge in [0.05, 0.1) is 25.4 Å². The fourth-order valence-corrected chi connectivity index (χ4v) is 7.05. The topological polar surface area (TPSA) is 149 Å². The van der Waals surface area contributed by atoms with E-state index in [1.807, 2.05) is 0 Å². The average molecular weight is 780 g/mol. The van der Waals surface area contributed by atoms with Crippen molar-refractivity contribution in [3.8, 4) is 0 Å². The van der Waals surface area contributed by atoms with E-state index in [2.05, 4.69) is 55.6 Å². The highest BCUT2D eigenvalue weighted by Gasteiger charge is 2.44. The number of ether oxygens (including phenoxy) is 2. The molecule has 322 valence electrons. The number of hydrogen-bond donors (Lipinski definition) is 6. The highest BCUT2D eigenvalue weighted by molar-refractivity contribution is 5.76. The summed E-state index contributed by atoms with van der Waals surface area (Å²) >= 11 is 0. The highest BCUT2D eigenvalue weighted by atomic mass is 16.7. The maximum atomic E-state index is 12.9. The second kappa shape index (κ2) is 36.7. The van der Waals surface area contributed by atoms with Gasteiger partial charge < -0.3 is 40.3 Å². The van der Waals surface area contributed by atoms with Crippen LogP contribution in [0, 0.1) is 0 Å². The number of allylic oxidation sites excluding steroid dienone is 6. The smallest absolute Gasteiger partial charge is 0.220 e. The normalized spacial score (nSPS) is 21.6. The van der Waals surface area contributed by atoms with E-state index >= 15 is 0 Å². The SMILES string of the molecule is CCCCCCC/C=C\C/C=C\C/C=C\CCCCCCCCCCCCCCC(=O)NC(COC1OC(CO)C(O)C(O)C1O)C(O)CCCCCCC. The first kappa shape index (κ1) is 51.4. The Kier molecular flexibility index (Phi) is 34.3. The van der Waals surface area contributed by atoms with Crippen molar-refractivity contribution < 1.29 is 39.8 Å². The average Bonchev–Trinajstić information content (AvgIpc) is 3.18. The summed E-state index contributed by atoms with van der Waals surface area (Å²) in [6, 6.07) is -0.715. The molecule has 0 aliphatic carbocycles. The van der Waals surface area contributed by atoms with Gasteiger partial charge in [-0.25, -0.2) is 0 Å². The molecule has 6 N–H and O–H groups in total. The van der Waals surface area contributed by atoms with Gasteiger partial charge in [0.15, 0.2) is 6.29 Å². The van der Waals surface area contributed by atoms with Crippen LogP contribution in [0.2, 0.25) is 0 Å². The number of amides is 1. The van der Waals surface area contributed by atoms with E-state index in [1.165, 1.54) is 103 Å². The fourth-order valence-electron chi connectivity index (χ4n) is 7.05. The Labute approximate surface area is 336 Å². The lowest BCUT2D eigenvalue weighted by Crippen LogP contribution is -2.60. The molecule has 1 aliphatic rings. The third kappa shape index (κ3) is 27.6. The minimum atomic E-state index is -1.55. The van der Waals surface area contributed by atoms with Crippen molar-refractivity contribution in [2.75, 3.05) is 13.2 Å². The summed E-state index contributed by atoms with van der Waals surface area (Å²) in [5.41, 5.74) is 0. The highest BCUT2D eigenvalue weighted by Crippen LogP contribution is 2.23. The van der Waals surface area contributed by atoms with Crippen molar-refractivity contribution in [3.05, 3.63) is 36.5 Å². The number of unbranched alkanes of at least 4 members (excludes halogenated alkanes) is 21. The van der Waals surface area contributed by atoms with E-state index in [4.69, 9.17) is 9.47 Å². The number of aliphatic hydroxyl groups is 5. The van der Waals surface area contributed by atoms with Crippen LogP contribution in [0.5, 0.6) is 0 Å². The molecule has 0 saturated carbocycles. The predicted molar refractivity (Wildman–Crippen MR) is 226 cm³/mol. The maximum Gasteiger partial charge on any atom is 0.220 e. The second-order valence-electron chi connectivity index (χ2n) is 15.8. The van der Waals surface area contributed by atoms with Gasteiger partial charge in [0, 0.05) is 6.42 Å². The quantitative estimate of drug-likeness (QED) is 0.0270. The van der Waals surface area contributed by atoms with Crippen molar-refractivity contribution in [1.29, 1.82) is 0 Å². The molecule has 0 aromatic heterocycles. The summed E-state index contributed by atoms with van der Waals surface area (Å²) in [4.78, 5) is 12.9. The van der Waals surface area contributed by atoms with Gasteiger partial charge in [-0.2, -0.15) is 0 Å². The molecule has 55 heavy (non-hydrogen) atoms. The molecule has 7 atom stereocenters. The Bertz CT molecular complexity index is 956. The minimum Gasteiger partial charge on any atom is -0.394 e. The zero-order chi connectivity index (χ0) is 40.2. The van der Waals surface area contributed by atoms with Crippen molar-refractivity contribution in [1.82, 2.24) is 5.32 Å². The molecule has 1 heterocycles. The summed E-state index contributed by atoms with van der Waals surface area (Å²) in [5.74, 6) is -0.155. The predicted octanol–water partition coefficient (Wildman–Crippen LogP) is 9.28. The molecular weight excluding hydrogens is 695 g/mol.